The third-order valence-corrected chi connectivity index (χ3v) is 5.35. The summed E-state index contributed by atoms with van der Waals surface area (Å²) in [6.07, 6.45) is 5.52. The van der Waals surface area contributed by atoms with E-state index < -0.39 is 0 Å². The van der Waals surface area contributed by atoms with Crippen LogP contribution in [0.3, 0.4) is 0 Å². The van der Waals surface area contributed by atoms with Crippen molar-refractivity contribution in [2.24, 2.45) is 0 Å². The lowest BCUT2D eigenvalue weighted by Gasteiger charge is -2.38. The molecule has 0 radical (unpaired) electrons. The highest BCUT2D eigenvalue weighted by atomic mass is 19.1. The van der Waals surface area contributed by atoms with Crippen LogP contribution < -0.4 is 10.2 Å². The highest BCUT2D eigenvalue weighted by molar-refractivity contribution is 5.75. The standard InChI is InChI=1S/C19H28FN3O2/c20-15-4-3-6-18(14-15)22-11-7-16(8-12-22)21-19(25)23-10-2-1-5-17(23)9-13-24/h3-4,6,14,16-17,24H,1-2,5,7-13H2,(H,21,25). The van der Waals surface area contributed by atoms with Crippen LogP contribution in [0.25, 0.3) is 0 Å². The summed E-state index contributed by atoms with van der Waals surface area (Å²) in [5.74, 6) is -0.215. The number of carbonyl (C=O) groups is 1. The Morgan fingerprint density at radius 1 is 1.20 bits per heavy atom. The van der Waals surface area contributed by atoms with Crippen molar-refractivity contribution in [3.05, 3.63) is 30.1 Å². The lowest BCUT2D eigenvalue weighted by atomic mass is 10.00. The Kier molecular flexibility index (Phi) is 6.13. The molecule has 1 unspecified atom stereocenters. The molecule has 2 saturated heterocycles. The van der Waals surface area contributed by atoms with Gasteiger partial charge in [-0.1, -0.05) is 6.07 Å². The SMILES string of the molecule is O=C(NC1CCN(c2cccc(F)c2)CC1)N1CCCCC1CCO. The number of aliphatic hydroxyl groups excluding tert-OH is 1. The van der Waals surface area contributed by atoms with Crippen LogP contribution in [-0.2, 0) is 0 Å². The van der Waals surface area contributed by atoms with Gasteiger partial charge >= 0.3 is 6.03 Å². The summed E-state index contributed by atoms with van der Waals surface area (Å²) in [7, 11) is 0. The van der Waals surface area contributed by atoms with Gasteiger partial charge in [0.1, 0.15) is 5.82 Å². The summed E-state index contributed by atoms with van der Waals surface area (Å²) in [6.45, 7) is 2.53. The molecule has 0 spiro atoms. The van der Waals surface area contributed by atoms with Gasteiger partial charge in [-0.05, 0) is 56.7 Å². The smallest absolute Gasteiger partial charge is 0.317 e. The Labute approximate surface area is 148 Å². The zero-order valence-electron chi connectivity index (χ0n) is 14.7. The first-order valence-corrected chi connectivity index (χ1v) is 9.36. The Morgan fingerprint density at radius 3 is 2.72 bits per heavy atom. The Hall–Kier alpha value is -1.82. The minimum atomic E-state index is -0.215. The number of hydrogen-bond donors (Lipinski definition) is 2. The third kappa shape index (κ3) is 4.63. The van der Waals surface area contributed by atoms with E-state index in [-0.39, 0.29) is 30.5 Å². The molecule has 2 aliphatic heterocycles. The largest absolute Gasteiger partial charge is 0.396 e. The zero-order chi connectivity index (χ0) is 17.6. The first kappa shape index (κ1) is 18.0. The minimum absolute atomic E-state index is 0.00218. The van der Waals surface area contributed by atoms with Gasteiger partial charge in [0, 0.05) is 44.0 Å². The molecule has 0 aromatic heterocycles. The van der Waals surface area contributed by atoms with E-state index >= 15 is 0 Å². The van der Waals surface area contributed by atoms with Crippen molar-refractivity contribution in [1.29, 1.82) is 0 Å². The molecule has 1 atom stereocenters. The summed E-state index contributed by atoms with van der Waals surface area (Å²) in [6, 6.07) is 7.00. The highest BCUT2D eigenvalue weighted by Crippen LogP contribution is 2.22. The van der Waals surface area contributed by atoms with Gasteiger partial charge in [-0.25, -0.2) is 9.18 Å². The van der Waals surface area contributed by atoms with Crippen LogP contribution in [0.15, 0.2) is 24.3 Å². The predicted molar refractivity (Wildman–Crippen MR) is 96.2 cm³/mol. The monoisotopic (exact) mass is 349 g/mol. The van der Waals surface area contributed by atoms with E-state index in [9.17, 15) is 14.3 Å². The minimum Gasteiger partial charge on any atom is -0.396 e. The van der Waals surface area contributed by atoms with E-state index in [1.54, 1.807) is 12.1 Å². The number of nitrogens with one attached hydrogen (secondary N) is 1. The Balaban J connectivity index is 1.50. The van der Waals surface area contributed by atoms with E-state index in [2.05, 4.69) is 10.2 Å². The molecule has 0 saturated carbocycles. The molecule has 5 nitrogen and oxygen atoms in total. The fourth-order valence-electron chi connectivity index (χ4n) is 3.93. The van der Waals surface area contributed by atoms with E-state index in [1.165, 1.54) is 6.07 Å². The zero-order valence-corrected chi connectivity index (χ0v) is 14.7. The molecule has 1 aromatic carbocycles. The van der Waals surface area contributed by atoms with E-state index in [0.717, 1.165) is 57.4 Å². The van der Waals surface area contributed by atoms with Crippen LogP contribution in [0.5, 0.6) is 0 Å². The van der Waals surface area contributed by atoms with Crippen LogP contribution >= 0.6 is 0 Å². The molecule has 0 aliphatic carbocycles. The molecule has 138 valence electrons. The van der Waals surface area contributed by atoms with Gasteiger partial charge in [-0.3, -0.25) is 0 Å². The summed E-state index contributed by atoms with van der Waals surface area (Å²) in [4.78, 5) is 16.7. The van der Waals surface area contributed by atoms with Gasteiger partial charge in [0.2, 0.25) is 0 Å². The first-order chi connectivity index (χ1) is 12.2. The summed E-state index contributed by atoms with van der Waals surface area (Å²) < 4.78 is 13.4. The highest BCUT2D eigenvalue weighted by Gasteiger charge is 2.28. The maximum atomic E-state index is 13.4. The van der Waals surface area contributed by atoms with Crippen molar-refractivity contribution in [1.82, 2.24) is 10.2 Å². The van der Waals surface area contributed by atoms with Crippen molar-refractivity contribution in [3.8, 4) is 0 Å². The molecule has 2 aliphatic rings. The van der Waals surface area contributed by atoms with Crippen molar-refractivity contribution >= 4 is 11.7 Å². The number of carbonyl (C=O) groups excluding carboxylic acids is 1. The second-order valence-electron chi connectivity index (χ2n) is 7.05. The number of nitrogens with zero attached hydrogens (tertiary/aromatic N) is 2. The number of halogens is 1. The summed E-state index contributed by atoms with van der Waals surface area (Å²) >= 11 is 0. The number of amides is 2. The molecule has 0 bridgehead atoms. The summed E-state index contributed by atoms with van der Waals surface area (Å²) in [5.41, 5.74) is 0.906. The quantitative estimate of drug-likeness (QED) is 0.879. The number of likely N-dealkylation sites (tertiary alicyclic amines) is 1. The fraction of sp³-hybridized carbons (Fsp3) is 0.632. The van der Waals surface area contributed by atoms with Crippen LogP contribution in [0, 0.1) is 5.82 Å². The molecule has 2 amide bonds. The van der Waals surface area contributed by atoms with E-state index in [1.807, 2.05) is 11.0 Å². The third-order valence-electron chi connectivity index (χ3n) is 5.35. The predicted octanol–water partition coefficient (Wildman–Crippen LogP) is 2.74. The molecule has 2 fully saturated rings. The van der Waals surface area contributed by atoms with E-state index in [4.69, 9.17) is 0 Å². The number of rotatable bonds is 4. The molecule has 25 heavy (non-hydrogen) atoms. The van der Waals surface area contributed by atoms with Crippen LogP contribution in [0.4, 0.5) is 14.9 Å². The van der Waals surface area contributed by atoms with Gasteiger partial charge in [0.05, 0.1) is 0 Å². The summed E-state index contributed by atoms with van der Waals surface area (Å²) in [5, 5.41) is 12.4. The number of benzene rings is 1. The average molecular weight is 349 g/mol. The molecule has 2 heterocycles. The molecule has 2 N–H and O–H groups in total. The van der Waals surface area contributed by atoms with Crippen molar-refractivity contribution in [2.45, 2.75) is 50.6 Å². The molecule has 1 aromatic rings. The first-order valence-electron chi connectivity index (χ1n) is 9.36. The number of hydrogen-bond acceptors (Lipinski definition) is 3. The second kappa shape index (κ2) is 8.52. The van der Waals surface area contributed by atoms with Gasteiger partial charge in [-0.15, -0.1) is 0 Å². The maximum Gasteiger partial charge on any atom is 0.317 e. The Bertz CT molecular complexity index is 574. The van der Waals surface area contributed by atoms with Gasteiger partial charge in [-0.2, -0.15) is 0 Å². The lowest BCUT2D eigenvalue weighted by molar-refractivity contribution is 0.128. The van der Waals surface area contributed by atoms with Gasteiger partial charge < -0.3 is 20.2 Å². The maximum absolute atomic E-state index is 13.4. The average Bonchev–Trinajstić information content (AvgIpc) is 2.63. The van der Waals surface area contributed by atoms with Crippen molar-refractivity contribution in [3.63, 3.8) is 0 Å². The van der Waals surface area contributed by atoms with Gasteiger partial charge in [0.25, 0.3) is 0 Å². The normalized spacial score (nSPS) is 22.1. The molecule has 3 rings (SSSR count). The van der Waals surface area contributed by atoms with Crippen LogP contribution in [0.1, 0.15) is 38.5 Å². The van der Waals surface area contributed by atoms with E-state index in [0.29, 0.717) is 6.42 Å². The molecular weight excluding hydrogens is 321 g/mol. The molecular formula is C19H28FN3O2. The fourth-order valence-corrected chi connectivity index (χ4v) is 3.93. The Morgan fingerprint density at radius 2 is 2.00 bits per heavy atom. The number of aliphatic hydroxyl groups is 1. The topological polar surface area (TPSA) is 55.8 Å². The number of urea groups is 1. The van der Waals surface area contributed by atoms with Crippen LogP contribution in [-0.4, -0.2) is 54.4 Å². The van der Waals surface area contributed by atoms with Gasteiger partial charge in [0.15, 0.2) is 0 Å². The molecule has 6 heteroatoms. The number of anilines is 1. The van der Waals surface area contributed by atoms with Crippen molar-refractivity contribution < 1.29 is 14.3 Å². The second-order valence-corrected chi connectivity index (χ2v) is 7.05. The number of piperidine rings is 2. The lowest BCUT2D eigenvalue weighted by Crippen LogP contribution is -2.53. The van der Waals surface area contributed by atoms with Crippen LogP contribution in [0.2, 0.25) is 0 Å². The van der Waals surface area contributed by atoms with Crippen molar-refractivity contribution in [2.75, 3.05) is 31.1 Å².